The SMILES string of the molecule is O=C1CN(Cc2ccc(Oc3ccccc3)cc2)C(=C[N+](=O)[O-])N1. The molecule has 0 aromatic heterocycles. The molecule has 1 saturated heterocycles. The van der Waals surface area contributed by atoms with E-state index in [1.54, 1.807) is 4.90 Å². The Kier molecular flexibility index (Phi) is 4.42. The van der Waals surface area contributed by atoms with E-state index in [1.165, 1.54) is 0 Å². The summed E-state index contributed by atoms with van der Waals surface area (Å²) in [5, 5.41) is 13.1. The summed E-state index contributed by atoms with van der Waals surface area (Å²) in [6.45, 7) is 0.492. The average Bonchev–Trinajstić information content (AvgIpc) is 2.89. The molecule has 1 amide bonds. The molecule has 0 radical (unpaired) electrons. The Labute approximate surface area is 138 Å². The smallest absolute Gasteiger partial charge is 0.274 e. The van der Waals surface area contributed by atoms with E-state index in [-0.39, 0.29) is 18.3 Å². The van der Waals surface area contributed by atoms with Crippen molar-refractivity contribution in [2.24, 2.45) is 0 Å². The first-order chi connectivity index (χ1) is 11.6. The van der Waals surface area contributed by atoms with Gasteiger partial charge in [-0.2, -0.15) is 0 Å². The minimum Gasteiger partial charge on any atom is -0.457 e. The van der Waals surface area contributed by atoms with Gasteiger partial charge < -0.3 is 15.0 Å². The maximum Gasteiger partial charge on any atom is 0.274 e. The Morgan fingerprint density at radius 3 is 2.46 bits per heavy atom. The quantitative estimate of drug-likeness (QED) is 0.674. The number of para-hydroxylation sites is 1. The van der Waals surface area contributed by atoms with Gasteiger partial charge >= 0.3 is 0 Å². The number of nitro groups is 1. The molecular formula is C17H15N3O4. The van der Waals surface area contributed by atoms with Crippen molar-refractivity contribution in [2.75, 3.05) is 6.54 Å². The predicted octanol–water partition coefficient (Wildman–Crippen LogP) is 2.49. The molecule has 122 valence electrons. The molecule has 0 bridgehead atoms. The van der Waals surface area contributed by atoms with Crippen LogP contribution in [0.2, 0.25) is 0 Å². The van der Waals surface area contributed by atoms with Crippen molar-refractivity contribution in [2.45, 2.75) is 6.54 Å². The highest BCUT2D eigenvalue weighted by Crippen LogP contribution is 2.22. The van der Waals surface area contributed by atoms with Gasteiger partial charge in [-0.15, -0.1) is 0 Å². The van der Waals surface area contributed by atoms with Crippen LogP contribution in [0.3, 0.4) is 0 Å². The van der Waals surface area contributed by atoms with Gasteiger partial charge in [-0.25, -0.2) is 0 Å². The van der Waals surface area contributed by atoms with Gasteiger partial charge in [0.05, 0.1) is 11.5 Å². The fourth-order valence-corrected chi connectivity index (χ4v) is 2.38. The first-order valence-electron chi connectivity index (χ1n) is 7.32. The van der Waals surface area contributed by atoms with E-state index < -0.39 is 4.92 Å². The molecule has 0 saturated carbocycles. The maximum atomic E-state index is 11.5. The topological polar surface area (TPSA) is 84.7 Å². The van der Waals surface area contributed by atoms with Crippen LogP contribution in [0, 0.1) is 10.1 Å². The Hall–Kier alpha value is -3.35. The lowest BCUT2D eigenvalue weighted by Gasteiger charge is -2.16. The molecule has 7 heteroatoms. The summed E-state index contributed by atoms with van der Waals surface area (Å²) < 4.78 is 5.71. The molecular weight excluding hydrogens is 310 g/mol. The number of nitrogens with zero attached hydrogens (tertiary/aromatic N) is 2. The number of rotatable bonds is 5. The third kappa shape index (κ3) is 3.89. The van der Waals surface area contributed by atoms with Gasteiger partial charge in [-0.3, -0.25) is 14.9 Å². The van der Waals surface area contributed by atoms with Crippen molar-refractivity contribution in [1.82, 2.24) is 10.2 Å². The molecule has 2 aromatic carbocycles. The molecule has 0 unspecified atom stereocenters. The minimum atomic E-state index is -0.579. The summed E-state index contributed by atoms with van der Waals surface area (Å²) in [4.78, 5) is 23.1. The molecule has 1 heterocycles. The summed E-state index contributed by atoms with van der Waals surface area (Å²) in [5.41, 5.74) is 0.918. The van der Waals surface area contributed by atoms with Crippen LogP contribution >= 0.6 is 0 Å². The average molecular weight is 325 g/mol. The molecule has 1 aliphatic heterocycles. The molecule has 0 spiro atoms. The van der Waals surface area contributed by atoms with E-state index in [0.29, 0.717) is 12.3 Å². The minimum absolute atomic E-state index is 0.0991. The van der Waals surface area contributed by atoms with E-state index in [9.17, 15) is 14.9 Å². The first-order valence-corrected chi connectivity index (χ1v) is 7.32. The lowest BCUT2D eigenvalue weighted by molar-refractivity contribution is -0.404. The highest BCUT2D eigenvalue weighted by molar-refractivity contribution is 5.82. The Morgan fingerprint density at radius 1 is 1.12 bits per heavy atom. The zero-order chi connectivity index (χ0) is 16.9. The zero-order valence-electron chi connectivity index (χ0n) is 12.7. The fraction of sp³-hybridized carbons (Fsp3) is 0.118. The van der Waals surface area contributed by atoms with Gasteiger partial charge in [0, 0.05) is 6.54 Å². The predicted molar refractivity (Wildman–Crippen MR) is 86.6 cm³/mol. The van der Waals surface area contributed by atoms with E-state index in [1.807, 2.05) is 54.6 Å². The van der Waals surface area contributed by atoms with Crippen LogP contribution in [0.25, 0.3) is 0 Å². The largest absolute Gasteiger partial charge is 0.457 e. The Morgan fingerprint density at radius 2 is 1.79 bits per heavy atom. The number of nitrogens with one attached hydrogen (secondary N) is 1. The van der Waals surface area contributed by atoms with Crippen LogP contribution in [-0.2, 0) is 11.3 Å². The molecule has 7 nitrogen and oxygen atoms in total. The summed E-state index contributed by atoms with van der Waals surface area (Å²) in [5.74, 6) is 1.39. The number of hydrogen-bond donors (Lipinski definition) is 1. The highest BCUT2D eigenvalue weighted by Gasteiger charge is 2.25. The molecule has 3 rings (SSSR count). The lowest BCUT2D eigenvalue weighted by Crippen LogP contribution is -2.20. The van der Waals surface area contributed by atoms with Gasteiger partial charge in [0.2, 0.25) is 5.91 Å². The third-order valence-corrected chi connectivity index (χ3v) is 3.45. The van der Waals surface area contributed by atoms with Gasteiger partial charge in [-0.1, -0.05) is 30.3 Å². The number of carbonyl (C=O) groups is 1. The Bertz CT molecular complexity index is 772. The van der Waals surface area contributed by atoms with Crippen LogP contribution in [0.5, 0.6) is 11.5 Å². The second-order valence-electron chi connectivity index (χ2n) is 5.26. The van der Waals surface area contributed by atoms with Gasteiger partial charge in [0.25, 0.3) is 6.20 Å². The van der Waals surface area contributed by atoms with Crippen molar-refractivity contribution in [3.63, 3.8) is 0 Å². The number of hydrogen-bond acceptors (Lipinski definition) is 5. The molecule has 0 aliphatic carbocycles. The zero-order valence-corrected chi connectivity index (χ0v) is 12.7. The van der Waals surface area contributed by atoms with Crippen molar-refractivity contribution in [3.05, 3.63) is 82.3 Å². The van der Waals surface area contributed by atoms with Gasteiger partial charge in [-0.05, 0) is 29.8 Å². The van der Waals surface area contributed by atoms with E-state index in [4.69, 9.17) is 4.74 Å². The van der Waals surface area contributed by atoms with E-state index in [2.05, 4.69) is 5.32 Å². The standard InChI is InChI=1S/C17H15N3O4/c21-17-12-19(16(18-17)11-20(22)23)10-13-6-8-15(9-7-13)24-14-4-2-1-3-5-14/h1-9,11H,10,12H2,(H,18,21). The number of ether oxygens (including phenoxy) is 1. The first kappa shape index (κ1) is 15.5. The monoisotopic (exact) mass is 325 g/mol. The number of amides is 1. The van der Waals surface area contributed by atoms with Crippen LogP contribution in [0.4, 0.5) is 0 Å². The molecule has 1 N–H and O–H groups in total. The summed E-state index contributed by atoms with van der Waals surface area (Å²) in [7, 11) is 0. The maximum absolute atomic E-state index is 11.5. The highest BCUT2D eigenvalue weighted by atomic mass is 16.6. The summed E-state index contributed by atoms with van der Waals surface area (Å²) in [6.07, 6.45) is 0.803. The van der Waals surface area contributed by atoms with Crippen LogP contribution in [0.1, 0.15) is 5.56 Å². The van der Waals surface area contributed by atoms with Gasteiger partial charge in [0.1, 0.15) is 11.5 Å². The lowest BCUT2D eigenvalue weighted by atomic mass is 10.2. The second kappa shape index (κ2) is 6.82. The second-order valence-corrected chi connectivity index (χ2v) is 5.26. The van der Waals surface area contributed by atoms with E-state index in [0.717, 1.165) is 17.5 Å². The third-order valence-electron chi connectivity index (χ3n) is 3.45. The van der Waals surface area contributed by atoms with Crippen LogP contribution < -0.4 is 10.1 Å². The molecule has 2 aromatic rings. The van der Waals surface area contributed by atoms with Gasteiger partial charge in [0.15, 0.2) is 5.82 Å². The van der Waals surface area contributed by atoms with Crippen LogP contribution in [-0.4, -0.2) is 22.3 Å². The van der Waals surface area contributed by atoms with Crippen LogP contribution in [0.15, 0.2) is 66.6 Å². The molecule has 0 atom stereocenters. The number of benzene rings is 2. The molecule has 1 fully saturated rings. The molecule has 1 aliphatic rings. The normalized spacial score (nSPS) is 15.4. The number of carbonyl (C=O) groups excluding carboxylic acids is 1. The van der Waals surface area contributed by atoms with Crippen molar-refractivity contribution in [3.8, 4) is 11.5 Å². The summed E-state index contributed by atoms with van der Waals surface area (Å²) >= 11 is 0. The summed E-state index contributed by atoms with van der Waals surface area (Å²) in [6, 6.07) is 16.8. The Balaban J connectivity index is 1.67. The van der Waals surface area contributed by atoms with Crippen molar-refractivity contribution >= 4 is 5.91 Å². The van der Waals surface area contributed by atoms with E-state index >= 15 is 0 Å². The van der Waals surface area contributed by atoms with Crippen molar-refractivity contribution < 1.29 is 14.5 Å². The molecule has 24 heavy (non-hydrogen) atoms. The fourth-order valence-electron chi connectivity index (χ4n) is 2.38. The van der Waals surface area contributed by atoms with Crippen molar-refractivity contribution in [1.29, 1.82) is 0 Å².